The van der Waals surface area contributed by atoms with E-state index in [1.165, 1.54) is 38.5 Å². The number of methoxy groups -OCH3 is 2. The normalized spacial score (nSPS) is 15.7. The summed E-state index contributed by atoms with van der Waals surface area (Å²) in [6.45, 7) is 0. The number of rotatable bonds is 4. The van der Waals surface area contributed by atoms with Crippen LogP contribution in [0, 0.1) is 5.82 Å². The molecule has 0 aromatic heterocycles. The summed E-state index contributed by atoms with van der Waals surface area (Å²) in [5.74, 6) is -1.68. The third-order valence-electron chi connectivity index (χ3n) is 3.91. The number of halogens is 1. The highest BCUT2D eigenvalue weighted by Gasteiger charge is 2.37. The van der Waals surface area contributed by atoms with E-state index in [-0.39, 0.29) is 11.3 Å². The van der Waals surface area contributed by atoms with Crippen LogP contribution in [-0.4, -0.2) is 32.1 Å². The molecule has 0 radical (unpaired) electrons. The Morgan fingerprint density at radius 1 is 1.00 bits per heavy atom. The molecule has 2 aromatic carbocycles. The van der Waals surface area contributed by atoms with Crippen LogP contribution in [0.25, 0.3) is 6.08 Å². The molecule has 1 aliphatic rings. The number of imide groups is 2. The van der Waals surface area contributed by atoms with E-state index in [0.717, 1.165) is 6.07 Å². The number of benzene rings is 2. The first-order valence-electron chi connectivity index (χ1n) is 7.84. The van der Waals surface area contributed by atoms with Crippen LogP contribution >= 0.6 is 0 Å². The molecule has 1 N–H and O–H groups in total. The number of ether oxygens (including phenoxy) is 2. The maximum absolute atomic E-state index is 14.0. The Labute approximate surface area is 154 Å². The number of nitrogens with zero attached hydrogens (tertiary/aromatic N) is 1. The van der Waals surface area contributed by atoms with Gasteiger partial charge in [0.05, 0.1) is 19.9 Å². The first kappa shape index (κ1) is 18.1. The number of hydrogen-bond acceptors (Lipinski definition) is 5. The third-order valence-corrected chi connectivity index (χ3v) is 3.91. The summed E-state index contributed by atoms with van der Waals surface area (Å²) >= 11 is 0. The average Bonchev–Trinajstić information content (AvgIpc) is 2.66. The second-order valence-corrected chi connectivity index (χ2v) is 5.52. The summed E-state index contributed by atoms with van der Waals surface area (Å²) in [5.41, 5.74) is -0.0928. The van der Waals surface area contributed by atoms with Crippen LogP contribution in [0.5, 0.6) is 11.5 Å². The van der Waals surface area contributed by atoms with Gasteiger partial charge in [-0.05, 0) is 35.9 Å². The molecule has 0 atom stereocenters. The molecule has 1 fully saturated rings. The van der Waals surface area contributed by atoms with E-state index in [4.69, 9.17) is 9.47 Å². The van der Waals surface area contributed by atoms with Crippen molar-refractivity contribution < 1.29 is 28.2 Å². The summed E-state index contributed by atoms with van der Waals surface area (Å²) in [6.07, 6.45) is 1.29. The molecule has 4 amide bonds. The van der Waals surface area contributed by atoms with Crippen molar-refractivity contribution in [3.8, 4) is 11.5 Å². The highest BCUT2D eigenvalue weighted by atomic mass is 19.1. The average molecular weight is 370 g/mol. The van der Waals surface area contributed by atoms with Gasteiger partial charge in [-0.2, -0.15) is 0 Å². The Morgan fingerprint density at radius 2 is 1.70 bits per heavy atom. The van der Waals surface area contributed by atoms with Gasteiger partial charge >= 0.3 is 6.03 Å². The lowest BCUT2D eigenvalue weighted by atomic mass is 10.1. The zero-order valence-corrected chi connectivity index (χ0v) is 14.5. The zero-order chi connectivity index (χ0) is 19.6. The molecule has 1 aliphatic heterocycles. The number of barbiturate groups is 1. The zero-order valence-electron chi connectivity index (χ0n) is 14.5. The van der Waals surface area contributed by atoms with E-state index in [0.29, 0.717) is 22.0 Å². The topological polar surface area (TPSA) is 84.9 Å². The number of anilines is 1. The maximum atomic E-state index is 14.0. The molecule has 0 bridgehead atoms. The number of carbonyl (C=O) groups is 3. The van der Waals surface area contributed by atoms with Crippen LogP contribution < -0.4 is 19.7 Å². The van der Waals surface area contributed by atoms with E-state index in [1.54, 1.807) is 18.2 Å². The molecule has 1 saturated heterocycles. The van der Waals surface area contributed by atoms with Crippen molar-refractivity contribution in [1.82, 2.24) is 5.32 Å². The van der Waals surface area contributed by atoms with E-state index < -0.39 is 23.7 Å². The van der Waals surface area contributed by atoms with Gasteiger partial charge in [-0.25, -0.2) is 14.1 Å². The number of nitrogens with one attached hydrogen (secondary N) is 1. The van der Waals surface area contributed by atoms with Crippen molar-refractivity contribution in [3.63, 3.8) is 0 Å². The lowest BCUT2D eigenvalue weighted by molar-refractivity contribution is -0.122. The fraction of sp³-hybridized carbons (Fsp3) is 0.105. The first-order valence-corrected chi connectivity index (χ1v) is 7.84. The molecule has 0 unspecified atom stereocenters. The van der Waals surface area contributed by atoms with Gasteiger partial charge < -0.3 is 9.47 Å². The Hall–Kier alpha value is -3.68. The van der Waals surface area contributed by atoms with Gasteiger partial charge in [0.15, 0.2) is 11.5 Å². The predicted octanol–water partition coefficient (Wildman–Crippen LogP) is 2.51. The monoisotopic (exact) mass is 370 g/mol. The third kappa shape index (κ3) is 3.37. The summed E-state index contributed by atoms with van der Waals surface area (Å²) in [5, 5.41) is 2.04. The minimum atomic E-state index is -1.01. The highest BCUT2D eigenvalue weighted by molar-refractivity contribution is 6.39. The second kappa shape index (κ2) is 7.28. The van der Waals surface area contributed by atoms with Crippen molar-refractivity contribution >= 4 is 29.6 Å². The lowest BCUT2D eigenvalue weighted by Crippen LogP contribution is -2.54. The number of hydrogen-bond donors (Lipinski definition) is 1. The molecular weight excluding hydrogens is 355 g/mol. The van der Waals surface area contributed by atoms with Gasteiger partial charge in [-0.1, -0.05) is 18.2 Å². The number of carbonyl (C=O) groups excluding carboxylic acids is 3. The molecule has 0 aliphatic carbocycles. The van der Waals surface area contributed by atoms with E-state index in [2.05, 4.69) is 0 Å². The van der Waals surface area contributed by atoms with Crippen molar-refractivity contribution in [1.29, 1.82) is 0 Å². The van der Waals surface area contributed by atoms with Crippen LogP contribution in [0.15, 0.2) is 48.0 Å². The highest BCUT2D eigenvalue weighted by Crippen LogP contribution is 2.29. The predicted molar refractivity (Wildman–Crippen MR) is 94.9 cm³/mol. The standard InChI is InChI=1S/C19H15FN2O5/c1-26-15-8-7-11(10-16(15)27-2)9-12-17(23)21-19(25)22(18(12)24)14-6-4-3-5-13(14)20/h3-10H,1-2H3,(H,21,23,25). The Bertz CT molecular complexity index is 970. The summed E-state index contributed by atoms with van der Waals surface area (Å²) in [7, 11) is 2.93. The van der Waals surface area contributed by atoms with Gasteiger partial charge in [0.25, 0.3) is 11.8 Å². The number of para-hydroxylation sites is 1. The molecule has 2 aromatic rings. The van der Waals surface area contributed by atoms with E-state index >= 15 is 0 Å². The first-order chi connectivity index (χ1) is 13.0. The summed E-state index contributed by atoms with van der Waals surface area (Å²) in [4.78, 5) is 37.6. The molecule has 3 rings (SSSR count). The summed E-state index contributed by atoms with van der Waals surface area (Å²) in [6, 6.07) is 9.06. The van der Waals surface area contributed by atoms with Crippen LogP contribution in [0.3, 0.4) is 0 Å². The quantitative estimate of drug-likeness (QED) is 0.660. The Kier molecular flexibility index (Phi) is 4.89. The molecule has 8 heteroatoms. The SMILES string of the molecule is COc1ccc(C=C2C(=O)NC(=O)N(c3ccccc3F)C2=O)cc1OC. The van der Waals surface area contributed by atoms with Crippen LogP contribution in [0.4, 0.5) is 14.9 Å². The van der Waals surface area contributed by atoms with Crippen molar-refractivity contribution in [2.24, 2.45) is 0 Å². The summed E-state index contributed by atoms with van der Waals surface area (Å²) < 4.78 is 24.4. The Balaban J connectivity index is 2.03. The van der Waals surface area contributed by atoms with E-state index in [9.17, 15) is 18.8 Å². The van der Waals surface area contributed by atoms with Crippen molar-refractivity contribution in [3.05, 3.63) is 59.4 Å². The molecule has 0 spiro atoms. The van der Waals surface area contributed by atoms with Gasteiger partial charge in [-0.15, -0.1) is 0 Å². The van der Waals surface area contributed by atoms with Crippen molar-refractivity contribution in [2.45, 2.75) is 0 Å². The van der Waals surface area contributed by atoms with E-state index in [1.807, 2.05) is 5.32 Å². The molecule has 1 heterocycles. The van der Waals surface area contributed by atoms with Crippen LogP contribution in [0.1, 0.15) is 5.56 Å². The van der Waals surface area contributed by atoms with Gasteiger partial charge in [0.2, 0.25) is 0 Å². The molecule has 0 saturated carbocycles. The molecule has 138 valence electrons. The van der Waals surface area contributed by atoms with Crippen LogP contribution in [-0.2, 0) is 9.59 Å². The second-order valence-electron chi connectivity index (χ2n) is 5.52. The molecule has 27 heavy (non-hydrogen) atoms. The maximum Gasteiger partial charge on any atom is 0.336 e. The van der Waals surface area contributed by atoms with Crippen molar-refractivity contribution in [2.75, 3.05) is 19.1 Å². The van der Waals surface area contributed by atoms with Crippen LogP contribution in [0.2, 0.25) is 0 Å². The number of amides is 4. The lowest BCUT2D eigenvalue weighted by Gasteiger charge is -2.26. The fourth-order valence-corrected chi connectivity index (χ4v) is 2.62. The largest absolute Gasteiger partial charge is 0.493 e. The van der Waals surface area contributed by atoms with Gasteiger partial charge in [0.1, 0.15) is 11.4 Å². The smallest absolute Gasteiger partial charge is 0.336 e. The minimum Gasteiger partial charge on any atom is -0.493 e. The minimum absolute atomic E-state index is 0.245. The number of urea groups is 1. The fourth-order valence-electron chi connectivity index (χ4n) is 2.62. The van der Waals surface area contributed by atoms with Gasteiger partial charge in [-0.3, -0.25) is 14.9 Å². The van der Waals surface area contributed by atoms with Gasteiger partial charge in [0, 0.05) is 0 Å². The molecular formula is C19H15FN2O5. The Morgan fingerprint density at radius 3 is 2.37 bits per heavy atom. The molecule has 7 nitrogen and oxygen atoms in total.